The fourth-order valence-electron chi connectivity index (χ4n) is 1.96. The minimum absolute atomic E-state index is 0.0898. The minimum atomic E-state index is -0.0898. The maximum absolute atomic E-state index is 12.1. The quantitative estimate of drug-likeness (QED) is 0.827. The normalized spacial score (nSPS) is 10.2. The van der Waals surface area contributed by atoms with E-state index in [9.17, 15) is 4.79 Å². The number of benzene rings is 2. The number of rotatable bonds is 3. The first-order valence-electron chi connectivity index (χ1n) is 6.27. The number of nitrogens with two attached hydrogens (primary N) is 1. The number of carbonyl (C=O) groups excluding carboxylic acids is 1. The molecule has 0 atom stereocenters. The van der Waals surface area contributed by atoms with Gasteiger partial charge in [-0.2, -0.15) is 0 Å². The Hall–Kier alpha value is -2.29. The number of nitrogen functional groups attached to an aromatic ring is 1. The summed E-state index contributed by atoms with van der Waals surface area (Å²) in [5.41, 5.74) is 10.2. The molecule has 0 aliphatic heterocycles. The predicted octanol–water partition coefficient (Wildman–Crippen LogP) is 2.82. The Balaban J connectivity index is 2.10. The molecule has 0 aromatic heterocycles. The molecule has 98 valence electrons. The van der Waals surface area contributed by atoms with Crippen LogP contribution in [0.25, 0.3) is 0 Å². The van der Waals surface area contributed by atoms with Gasteiger partial charge in [0.25, 0.3) is 5.91 Å². The minimum Gasteiger partial charge on any atom is -0.399 e. The van der Waals surface area contributed by atoms with Crippen LogP contribution in [0, 0.1) is 13.8 Å². The highest BCUT2D eigenvalue weighted by atomic mass is 16.1. The number of aryl methyl sites for hydroxylation is 2. The lowest BCUT2D eigenvalue weighted by molar-refractivity contribution is 0.0950. The van der Waals surface area contributed by atoms with Crippen LogP contribution in [0.4, 0.5) is 5.69 Å². The molecule has 0 aliphatic carbocycles. The van der Waals surface area contributed by atoms with Crippen molar-refractivity contribution in [3.63, 3.8) is 0 Å². The molecule has 2 rings (SSSR count). The van der Waals surface area contributed by atoms with E-state index in [1.54, 1.807) is 12.1 Å². The molecule has 3 heteroatoms. The fourth-order valence-corrected chi connectivity index (χ4v) is 1.96. The van der Waals surface area contributed by atoms with Crippen LogP contribution in [0.15, 0.2) is 42.5 Å². The van der Waals surface area contributed by atoms with Crippen LogP contribution in [0.2, 0.25) is 0 Å². The van der Waals surface area contributed by atoms with Gasteiger partial charge in [-0.25, -0.2) is 0 Å². The van der Waals surface area contributed by atoms with Gasteiger partial charge < -0.3 is 11.1 Å². The van der Waals surface area contributed by atoms with Gasteiger partial charge in [0.05, 0.1) is 0 Å². The van der Waals surface area contributed by atoms with E-state index in [4.69, 9.17) is 5.73 Å². The molecular weight excluding hydrogens is 236 g/mol. The number of anilines is 1. The van der Waals surface area contributed by atoms with Crippen LogP contribution >= 0.6 is 0 Å². The first-order chi connectivity index (χ1) is 9.08. The highest BCUT2D eigenvalue weighted by Gasteiger charge is 2.09. The van der Waals surface area contributed by atoms with Gasteiger partial charge in [0.15, 0.2) is 0 Å². The van der Waals surface area contributed by atoms with Crippen LogP contribution in [-0.4, -0.2) is 5.91 Å². The van der Waals surface area contributed by atoms with Crippen molar-refractivity contribution in [3.05, 3.63) is 64.7 Å². The number of hydrogen-bond acceptors (Lipinski definition) is 2. The summed E-state index contributed by atoms with van der Waals surface area (Å²) in [5.74, 6) is -0.0898. The number of amides is 1. The number of hydrogen-bond donors (Lipinski definition) is 2. The van der Waals surface area contributed by atoms with E-state index < -0.39 is 0 Å². The van der Waals surface area contributed by atoms with Crippen LogP contribution < -0.4 is 11.1 Å². The maximum atomic E-state index is 12.1. The molecule has 0 radical (unpaired) electrons. The molecule has 0 bridgehead atoms. The molecule has 2 aromatic carbocycles. The van der Waals surface area contributed by atoms with E-state index in [2.05, 4.69) is 5.32 Å². The molecule has 19 heavy (non-hydrogen) atoms. The van der Waals surface area contributed by atoms with Crippen LogP contribution in [0.5, 0.6) is 0 Å². The third-order valence-electron chi connectivity index (χ3n) is 3.21. The van der Waals surface area contributed by atoms with Crippen molar-refractivity contribution < 1.29 is 4.79 Å². The van der Waals surface area contributed by atoms with Gasteiger partial charge >= 0.3 is 0 Å². The van der Waals surface area contributed by atoms with Crippen LogP contribution in [-0.2, 0) is 6.54 Å². The van der Waals surface area contributed by atoms with Gasteiger partial charge in [-0.15, -0.1) is 0 Å². The van der Waals surface area contributed by atoms with Crippen molar-refractivity contribution in [2.45, 2.75) is 20.4 Å². The Morgan fingerprint density at radius 2 is 1.84 bits per heavy atom. The van der Waals surface area contributed by atoms with Crippen molar-refractivity contribution in [2.75, 3.05) is 5.73 Å². The predicted molar refractivity (Wildman–Crippen MR) is 77.9 cm³/mol. The summed E-state index contributed by atoms with van der Waals surface area (Å²) in [4.78, 5) is 12.1. The van der Waals surface area contributed by atoms with Crippen LogP contribution in [0.1, 0.15) is 27.0 Å². The molecule has 2 aromatic rings. The first-order valence-corrected chi connectivity index (χ1v) is 6.27. The third-order valence-corrected chi connectivity index (χ3v) is 3.21. The molecule has 3 nitrogen and oxygen atoms in total. The molecular formula is C16H18N2O. The number of carbonyl (C=O) groups is 1. The van der Waals surface area contributed by atoms with E-state index in [1.165, 1.54) is 5.56 Å². The number of nitrogens with one attached hydrogen (secondary N) is 1. The summed E-state index contributed by atoms with van der Waals surface area (Å²) in [5, 5.41) is 2.93. The second kappa shape index (κ2) is 5.57. The summed E-state index contributed by atoms with van der Waals surface area (Å²) < 4.78 is 0. The molecule has 0 heterocycles. The zero-order chi connectivity index (χ0) is 13.8. The topological polar surface area (TPSA) is 55.1 Å². The van der Waals surface area contributed by atoms with Crippen LogP contribution in [0.3, 0.4) is 0 Å². The smallest absolute Gasteiger partial charge is 0.251 e. The Morgan fingerprint density at radius 3 is 2.58 bits per heavy atom. The Bertz CT molecular complexity index is 605. The van der Waals surface area contributed by atoms with E-state index in [-0.39, 0.29) is 5.91 Å². The maximum Gasteiger partial charge on any atom is 0.251 e. The van der Waals surface area contributed by atoms with Crippen molar-refractivity contribution in [1.29, 1.82) is 0 Å². The first kappa shape index (κ1) is 13.1. The van der Waals surface area contributed by atoms with E-state index in [0.29, 0.717) is 17.8 Å². The lowest BCUT2D eigenvalue weighted by Crippen LogP contribution is -2.24. The van der Waals surface area contributed by atoms with Gasteiger partial charge in [-0.1, -0.05) is 30.3 Å². The third kappa shape index (κ3) is 3.13. The monoisotopic (exact) mass is 254 g/mol. The summed E-state index contributed by atoms with van der Waals surface area (Å²) in [6.07, 6.45) is 0. The van der Waals surface area contributed by atoms with Gasteiger partial charge in [0.1, 0.15) is 0 Å². The van der Waals surface area contributed by atoms with Gasteiger partial charge in [0, 0.05) is 17.8 Å². The molecule has 3 N–H and O–H groups in total. The zero-order valence-corrected chi connectivity index (χ0v) is 11.2. The highest BCUT2D eigenvalue weighted by molar-refractivity contribution is 5.96. The molecule has 0 saturated carbocycles. The fraction of sp³-hybridized carbons (Fsp3) is 0.188. The molecule has 0 unspecified atom stereocenters. The zero-order valence-electron chi connectivity index (χ0n) is 11.2. The average molecular weight is 254 g/mol. The summed E-state index contributed by atoms with van der Waals surface area (Å²) in [6.45, 7) is 4.47. The van der Waals surface area contributed by atoms with Gasteiger partial charge in [-0.3, -0.25) is 4.79 Å². The Morgan fingerprint density at radius 1 is 1.11 bits per heavy atom. The molecule has 0 spiro atoms. The highest BCUT2D eigenvalue weighted by Crippen LogP contribution is 2.13. The van der Waals surface area contributed by atoms with Gasteiger partial charge in [-0.05, 0) is 42.7 Å². The Labute approximate surface area is 113 Å². The lowest BCUT2D eigenvalue weighted by Gasteiger charge is -2.10. The summed E-state index contributed by atoms with van der Waals surface area (Å²) in [6, 6.07) is 13.4. The molecule has 0 fully saturated rings. The van der Waals surface area contributed by atoms with Crippen molar-refractivity contribution >= 4 is 11.6 Å². The Kier molecular flexibility index (Phi) is 3.85. The van der Waals surface area contributed by atoms with Crippen molar-refractivity contribution in [3.8, 4) is 0 Å². The summed E-state index contributed by atoms with van der Waals surface area (Å²) >= 11 is 0. The standard InChI is InChI=1S/C16H18N2O/c1-11-5-3-4-6-13(11)10-18-16(19)15-9-14(17)8-7-12(15)2/h3-9H,10,17H2,1-2H3,(H,18,19). The average Bonchev–Trinajstić information content (AvgIpc) is 2.40. The van der Waals surface area contributed by atoms with E-state index in [1.807, 2.05) is 44.2 Å². The molecule has 0 aliphatic rings. The second-order valence-electron chi connectivity index (χ2n) is 4.68. The van der Waals surface area contributed by atoms with E-state index in [0.717, 1.165) is 11.1 Å². The van der Waals surface area contributed by atoms with Crippen molar-refractivity contribution in [2.24, 2.45) is 0 Å². The lowest BCUT2D eigenvalue weighted by atomic mass is 10.1. The van der Waals surface area contributed by atoms with E-state index >= 15 is 0 Å². The van der Waals surface area contributed by atoms with Crippen molar-refractivity contribution in [1.82, 2.24) is 5.32 Å². The largest absolute Gasteiger partial charge is 0.399 e. The van der Waals surface area contributed by atoms with Gasteiger partial charge in [0.2, 0.25) is 0 Å². The molecule has 0 saturated heterocycles. The second-order valence-corrected chi connectivity index (χ2v) is 4.68. The SMILES string of the molecule is Cc1ccccc1CNC(=O)c1cc(N)ccc1C. The summed E-state index contributed by atoms with van der Waals surface area (Å²) in [7, 11) is 0. The molecule has 1 amide bonds.